The van der Waals surface area contributed by atoms with Gasteiger partial charge in [-0.1, -0.05) is 6.58 Å². The van der Waals surface area contributed by atoms with Crippen molar-refractivity contribution in [3.05, 3.63) is 65.6 Å². The first-order valence-electron chi connectivity index (χ1n) is 14.5. The molecule has 18 nitrogen and oxygen atoms in total. The van der Waals surface area contributed by atoms with Crippen LogP contribution in [0.15, 0.2) is 84.7 Å². The maximum atomic E-state index is 12.3. The largest absolute Gasteiger partial charge is 0.385 e. The number of anilines is 2. The van der Waals surface area contributed by atoms with E-state index in [4.69, 9.17) is 14.0 Å². The van der Waals surface area contributed by atoms with E-state index in [2.05, 4.69) is 48.7 Å². The van der Waals surface area contributed by atoms with Crippen LogP contribution >= 0.6 is 0 Å². The summed E-state index contributed by atoms with van der Waals surface area (Å²) in [4.78, 5) is 3.49. The number of aromatic nitrogens is 1. The van der Waals surface area contributed by atoms with Gasteiger partial charge in [0.05, 0.1) is 40.8 Å². The monoisotopic (exact) mass is 750 g/mol. The van der Waals surface area contributed by atoms with Crippen LogP contribution in [-0.2, 0) is 39.5 Å². The van der Waals surface area contributed by atoms with E-state index in [-0.39, 0.29) is 70.4 Å². The molecular formula is C29H34N8O10S3. The van der Waals surface area contributed by atoms with E-state index in [0.29, 0.717) is 25.1 Å². The number of nitrogens with one attached hydrogen (secondary N) is 2. The Hall–Kier alpha value is -4.69. The molecule has 0 spiro atoms. The molecule has 0 bridgehead atoms. The molecule has 0 atom stereocenters. The molecule has 0 saturated carbocycles. The van der Waals surface area contributed by atoms with Gasteiger partial charge in [0.1, 0.15) is 28.2 Å². The van der Waals surface area contributed by atoms with Crippen LogP contribution in [0, 0.1) is 18.3 Å². The highest BCUT2D eigenvalue weighted by molar-refractivity contribution is 7.94. The van der Waals surface area contributed by atoms with Gasteiger partial charge in [-0.25, -0.2) is 13.4 Å². The van der Waals surface area contributed by atoms with Crippen molar-refractivity contribution in [2.75, 3.05) is 56.4 Å². The standard InChI is InChI=1S/C29H34N8O10S3/c1-4-48(38,39)17-16-47-15-13-32-28-24(19-30)20(2)27(29(33-28)31-12-5-14-46-3)37-36-25-11-8-22(18-26(25)50(43,44)45)35-34-21-6-9-23(10-7-21)49(40,41)42/h4,6-11,18H,1,5,12-17H2,2-3H3,(H2,31,32,33)(H,40,41,42)(H,43,44,45). The molecule has 3 aromatic rings. The highest BCUT2D eigenvalue weighted by Gasteiger charge is 2.20. The highest BCUT2D eigenvalue weighted by atomic mass is 32.2. The van der Waals surface area contributed by atoms with Crippen LogP contribution in [0.1, 0.15) is 17.5 Å². The van der Waals surface area contributed by atoms with Gasteiger partial charge in [0.15, 0.2) is 15.7 Å². The van der Waals surface area contributed by atoms with Crippen molar-refractivity contribution in [1.29, 1.82) is 5.26 Å². The number of hydrogen-bond donors (Lipinski definition) is 4. The Morgan fingerprint density at radius 1 is 0.880 bits per heavy atom. The molecule has 1 heterocycles. The molecule has 0 aliphatic carbocycles. The van der Waals surface area contributed by atoms with E-state index in [1.165, 1.54) is 24.3 Å². The second-order valence-corrected chi connectivity index (χ2v) is 15.0. The third kappa shape index (κ3) is 11.7. The molecule has 0 aliphatic rings. The van der Waals surface area contributed by atoms with Crippen LogP contribution in [0.3, 0.4) is 0 Å². The molecule has 50 heavy (non-hydrogen) atoms. The second-order valence-electron chi connectivity index (χ2n) is 10.1. The number of hydrogen-bond acceptors (Lipinski definition) is 16. The van der Waals surface area contributed by atoms with Crippen LogP contribution in [0.5, 0.6) is 0 Å². The Labute approximate surface area is 289 Å². The van der Waals surface area contributed by atoms with Gasteiger partial charge in [0.25, 0.3) is 20.2 Å². The quantitative estimate of drug-likeness (QED) is 0.0712. The predicted octanol–water partition coefficient (Wildman–Crippen LogP) is 5.02. The average Bonchev–Trinajstić information content (AvgIpc) is 3.06. The Bertz CT molecular complexity index is 2120. The molecular weight excluding hydrogens is 717 g/mol. The van der Waals surface area contributed by atoms with Crippen LogP contribution in [0.25, 0.3) is 0 Å². The summed E-state index contributed by atoms with van der Waals surface area (Å²) >= 11 is 0. The van der Waals surface area contributed by atoms with E-state index in [9.17, 15) is 35.1 Å². The van der Waals surface area contributed by atoms with Gasteiger partial charge < -0.3 is 20.1 Å². The van der Waals surface area contributed by atoms with E-state index in [1.807, 2.05) is 0 Å². The number of benzene rings is 2. The van der Waals surface area contributed by atoms with Crippen molar-refractivity contribution >= 4 is 64.5 Å². The zero-order valence-corrected chi connectivity index (χ0v) is 29.3. The number of pyridine rings is 1. The summed E-state index contributed by atoms with van der Waals surface area (Å²) in [6.45, 7) is 5.87. The van der Waals surface area contributed by atoms with E-state index in [0.717, 1.165) is 23.6 Å². The summed E-state index contributed by atoms with van der Waals surface area (Å²) in [7, 11) is -11.1. The summed E-state index contributed by atoms with van der Waals surface area (Å²) in [5, 5.41) is 33.0. The molecule has 1 aromatic heterocycles. The number of azo groups is 2. The zero-order chi connectivity index (χ0) is 37.0. The second kappa shape index (κ2) is 17.8. The molecule has 0 saturated heterocycles. The number of nitriles is 1. The molecule has 2 aromatic carbocycles. The summed E-state index contributed by atoms with van der Waals surface area (Å²) in [6, 6.07) is 10.4. The molecule has 3 rings (SSSR count). The fraction of sp³-hybridized carbons (Fsp3) is 0.310. The summed E-state index contributed by atoms with van der Waals surface area (Å²) in [5.74, 6) is 0.150. The smallest absolute Gasteiger partial charge is 0.296 e. The predicted molar refractivity (Wildman–Crippen MR) is 183 cm³/mol. The fourth-order valence-electron chi connectivity index (χ4n) is 3.99. The van der Waals surface area contributed by atoms with E-state index >= 15 is 0 Å². The van der Waals surface area contributed by atoms with Crippen molar-refractivity contribution < 1.29 is 43.8 Å². The summed E-state index contributed by atoms with van der Waals surface area (Å²) in [6.07, 6.45) is 0.575. The number of methoxy groups -OCH3 is 1. The number of sulfone groups is 1. The fourth-order valence-corrected chi connectivity index (χ4v) is 5.63. The van der Waals surface area contributed by atoms with Crippen molar-refractivity contribution in [2.45, 2.75) is 23.1 Å². The van der Waals surface area contributed by atoms with Crippen LogP contribution < -0.4 is 10.6 Å². The minimum absolute atomic E-state index is 0.0118. The molecule has 0 radical (unpaired) electrons. The Balaban J connectivity index is 1.92. The third-order valence-corrected chi connectivity index (χ3v) is 9.54. The minimum atomic E-state index is -4.86. The first kappa shape index (κ1) is 39.7. The number of nitrogens with zero attached hydrogens (tertiary/aromatic N) is 6. The molecule has 0 amide bonds. The lowest BCUT2D eigenvalue weighted by molar-refractivity contribution is 0.159. The van der Waals surface area contributed by atoms with E-state index in [1.54, 1.807) is 14.0 Å². The third-order valence-electron chi connectivity index (χ3n) is 6.54. The Kier molecular flexibility index (Phi) is 14.2. The van der Waals surface area contributed by atoms with Gasteiger partial charge >= 0.3 is 0 Å². The van der Waals surface area contributed by atoms with E-state index < -0.39 is 35.0 Å². The average molecular weight is 751 g/mol. The Morgan fingerprint density at radius 2 is 1.54 bits per heavy atom. The lowest BCUT2D eigenvalue weighted by Gasteiger charge is -2.16. The molecule has 0 fully saturated rings. The molecule has 0 unspecified atom stereocenters. The first-order chi connectivity index (χ1) is 23.6. The van der Waals surface area contributed by atoms with Crippen LogP contribution in [0.2, 0.25) is 0 Å². The SMILES string of the molecule is C=CS(=O)(=O)CCOCCNc1nc(NCCCOC)c(N=Nc2ccc(N=Nc3ccc(S(=O)(=O)O)cc3)cc2S(=O)(=O)O)c(C)c1C#N. The normalized spacial score (nSPS) is 12.3. The zero-order valence-electron chi connectivity index (χ0n) is 26.8. The molecule has 4 N–H and O–H groups in total. The van der Waals surface area contributed by atoms with Crippen molar-refractivity contribution in [2.24, 2.45) is 20.5 Å². The number of rotatable bonds is 19. The summed E-state index contributed by atoms with van der Waals surface area (Å²) in [5.41, 5.74) is 0.438. The van der Waals surface area contributed by atoms with Gasteiger partial charge in [-0.15, -0.1) is 10.2 Å². The summed E-state index contributed by atoms with van der Waals surface area (Å²) < 4.78 is 99.7. The Morgan fingerprint density at radius 3 is 2.16 bits per heavy atom. The van der Waals surface area contributed by atoms with Crippen LogP contribution in [-0.4, -0.2) is 85.1 Å². The molecule has 0 aliphatic heterocycles. The highest BCUT2D eigenvalue weighted by Crippen LogP contribution is 2.37. The van der Waals surface area contributed by atoms with Crippen molar-refractivity contribution in [3.63, 3.8) is 0 Å². The van der Waals surface area contributed by atoms with Gasteiger partial charge in [-0.05, 0) is 55.8 Å². The topological polar surface area (TPSA) is 272 Å². The van der Waals surface area contributed by atoms with Gasteiger partial charge in [-0.3, -0.25) is 9.11 Å². The van der Waals surface area contributed by atoms with Gasteiger partial charge in [0.2, 0.25) is 0 Å². The molecule has 268 valence electrons. The molecule has 21 heteroatoms. The minimum Gasteiger partial charge on any atom is -0.385 e. The maximum absolute atomic E-state index is 12.3. The van der Waals surface area contributed by atoms with Crippen LogP contribution in [0.4, 0.5) is 34.4 Å². The lowest BCUT2D eigenvalue weighted by Crippen LogP contribution is -2.16. The lowest BCUT2D eigenvalue weighted by atomic mass is 10.1. The van der Waals surface area contributed by atoms with Crippen molar-refractivity contribution in [1.82, 2.24) is 4.98 Å². The maximum Gasteiger partial charge on any atom is 0.296 e. The first-order valence-corrected chi connectivity index (χ1v) is 19.1. The number of ether oxygens (including phenoxy) is 2. The van der Waals surface area contributed by atoms with Crippen molar-refractivity contribution in [3.8, 4) is 6.07 Å². The van der Waals surface area contributed by atoms with Gasteiger partial charge in [-0.2, -0.15) is 32.3 Å². The van der Waals surface area contributed by atoms with Gasteiger partial charge in [0, 0.05) is 37.8 Å².